The van der Waals surface area contributed by atoms with E-state index in [2.05, 4.69) is 26.3 Å². The molecule has 5 rings (SSSR count). The van der Waals surface area contributed by atoms with E-state index in [-0.39, 0.29) is 11.5 Å². The number of rotatable bonds is 9. The normalized spacial score (nSPS) is 13.4. The minimum absolute atomic E-state index is 0.0809. The quantitative estimate of drug-likeness (QED) is 0.313. The van der Waals surface area contributed by atoms with Crippen LogP contribution >= 0.6 is 11.3 Å². The lowest BCUT2D eigenvalue weighted by Gasteiger charge is -2.28. The molecule has 1 fully saturated rings. The van der Waals surface area contributed by atoms with Gasteiger partial charge in [-0.25, -0.2) is 24.7 Å². The number of ether oxygens (including phenoxy) is 1. The first-order chi connectivity index (χ1) is 19.3. The fourth-order valence-electron chi connectivity index (χ4n) is 4.55. The summed E-state index contributed by atoms with van der Waals surface area (Å²) in [5.41, 5.74) is 3.33. The molecule has 208 valence electrons. The van der Waals surface area contributed by atoms with E-state index in [0.717, 1.165) is 45.1 Å². The summed E-state index contributed by atoms with van der Waals surface area (Å²) in [6, 6.07) is 9.97. The first-order valence-electron chi connectivity index (χ1n) is 13.1. The number of amides is 1. The molecule has 4 heterocycles. The van der Waals surface area contributed by atoms with Crippen LogP contribution in [0.1, 0.15) is 40.3 Å². The number of carbonyl (C=O) groups excluding carboxylic acids is 1. The van der Waals surface area contributed by atoms with Gasteiger partial charge in [-0.1, -0.05) is 25.1 Å². The van der Waals surface area contributed by atoms with Gasteiger partial charge in [0.25, 0.3) is 0 Å². The molecule has 0 saturated carbocycles. The van der Waals surface area contributed by atoms with E-state index >= 15 is 0 Å². The Morgan fingerprint density at radius 1 is 1.18 bits per heavy atom. The first-order valence-corrected chi connectivity index (χ1v) is 13.9. The first kappa shape index (κ1) is 27.4. The molecule has 12 heteroatoms. The van der Waals surface area contributed by atoms with E-state index in [1.165, 1.54) is 13.1 Å². The molecule has 2 N–H and O–H groups in total. The summed E-state index contributed by atoms with van der Waals surface area (Å²) < 4.78 is 6.59. The molecule has 4 aromatic rings. The number of benzene rings is 1. The van der Waals surface area contributed by atoms with E-state index in [1.807, 2.05) is 43.1 Å². The van der Waals surface area contributed by atoms with Crippen LogP contribution in [-0.4, -0.2) is 70.3 Å². The number of carbonyl (C=O) groups is 2. The average Bonchev–Trinajstić information content (AvgIpc) is 3.38. The third kappa shape index (κ3) is 6.02. The Hall–Kier alpha value is -4.16. The number of aromatic carboxylic acids is 1. The van der Waals surface area contributed by atoms with Gasteiger partial charge in [0.15, 0.2) is 11.6 Å². The topological polar surface area (TPSA) is 134 Å². The number of fused-ring (bicyclic) bond motifs is 1. The summed E-state index contributed by atoms with van der Waals surface area (Å²) in [5.74, 6) is 0.862. The maximum Gasteiger partial charge on any atom is 0.339 e. The van der Waals surface area contributed by atoms with Crippen LogP contribution in [0, 0.1) is 0 Å². The number of morpholine rings is 1. The lowest BCUT2D eigenvalue weighted by Crippen LogP contribution is -2.36. The fraction of sp³-hybridized carbons (Fsp3) is 0.357. The molecule has 40 heavy (non-hydrogen) atoms. The number of aromatic nitrogens is 4. The van der Waals surface area contributed by atoms with Gasteiger partial charge in [0.2, 0.25) is 11.9 Å². The number of nitrogens with one attached hydrogen (secondary N) is 1. The fourth-order valence-corrected chi connectivity index (χ4v) is 5.72. The molecule has 0 atom stereocenters. The zero-order chi connectivity index (χ0) is 28.2. The lowest BCUT2D eigenvalue weighted by atomic mass is 10.1. The number of carboxylic acid groups (broad SMARTS) is 1. The van der Waals surface area contributed by atoms with Crippen molar-refractivity contribution >= 4 is 45.2 Å². The minimum atomic E-state index is -1.03. The molecule has 0 bridgehead atoms. The zero-order valence-electron chi connectivity index (χ0n) is 22.7. The second kappa shape index (κ2) is 11.9. The molecule has 11 nitrogen and oxygen atoms in total. The molecule has 0 spiro atoms. The van der Waals surface area contributed by atoms with Gasteiger partial charge in [-0.15, -0.1) is 11.3 Å². The van der Waals surface area contributed by atoms with E-state index in [9.17, 15) is 14.7 Å². The van der Waals surface area contributed by atoms with Crippen molar-refractivity contribution < 1.29 is 19.4 Å². The third-order valence-electron chi connectivity index (χ3n) is 6.60. The van der Waals surface area contributed by atoms with Crippen molar-refractivity contribution in [3.63, 3.8) is 0 Å². The SMILES string of the molecule is CCc1nc(N(C)Cc2cc3nc(-c4cccc(CNC(C)=O)c4)nc(N4CCOCC4)c3s2)ncc1C(=O)O. The highest BCUT2D eigenvalue weighted by atomic mass is 32.1. The lowest BCUT2D eigenvalue weighted by molar-refractivity contribution is -0.119. The second-order valence-corrected chi connectivity index (χ2v) is 10.7. The van der Waals surface area contributed by atoms with Crippen LogP contribution in [-0.2, 0) is 29.0 Å². The van der Waals surface area contributed by atoms with Gasteiger partial charge in [0.1, 0.15) is 0 Å². The van der Waals surface area contributed by atoms with Gasteiger partial charge in [0, 0.05) is 50.2 Å². The molecule has 1 amide bonds. The summed E-state index contributed by atoms with van der Waals surface area (Å²) in [4.78, 5) is 46.8. The van der Waals surface area contributed by atoms with Crippen molar-refractivity contribution in [2.75, 3.05) is 43.2 Å². The maximum absolute atomic E-state index is 11.5. The van der Waals surface area contributed by atoms with Crippen LogP contribution in [0.2, 0.25) is 0 Å². The van der Waals surface area contributed by atoms with E-state index in [0.29, 0.717) is 50.2 Å². The van der Waals surface area contributed by atoms with Gasteiger partial charge >= 0.3 is 5.97 Å². The maximum atomic E-state index is 11.5. The van der Waals surface area contributed by atoms with Crippen molar-refractivity contribution in [1.82, 2.24) is 25.3 Å². The Kier molecular flexibility index (Phi) is 8.17. The number of anilines is 2. The molecule has 0 aliphatic carbocycles. The molecular formula is C28H31N7O4S. The van der Waals surface area contributed by atoms with E-state index < -0.39 is 5.97 Å². The molecule has 0 unspecified atom stereocenters. The zero-order valence-corrected chi connectivity index (χ0v) is 23.5. The predicted molar refractivity (Wildman–Crippen MR) is 154 cm³/mol. The summed E-state index contributed by atoms with van der Waals surface area (Å²) in [5, 5.41) is 12.3. The number of aryl methyl sites for hydroxylation is 1. The van der Waals surface area contributed by atoms with Crippen LogP contribution in [0.25, 0.3) is 21.6 Å². The van der Waals surface area contributed by atoms with Crippen LogP contribution in [0.15, 0.2) is 36.5 Å². The summed E-state index contributed by atoms with van der Waals surface area (Å²) in [6.45, 7) is 7.10. The predicted octanol–water partition coefficient (Wildman–Crippen LogP) is 3.52. The average molecular weight is 562 g/mol. The summed E-state index contributed by atoms with van der Waals surface area (Å²) >= 11 is 1.63. The van der Waals surface area contributed by atoms with Crippen molar-refractivity contribution in [1.29, 1.82) is 0 Å². The number of thiophene rings is 1. The van der Waals surface area contributed by atoms with Crippen molar-refractivity contribution in [3.8, 4) is 11.4 Å². The largest absolute Gasteiger partial charge is 0.478 e. The summed E-state index contributed by atoms with van der Waals surface area (Å²) in [7, 11) is 1.89. The standard InChI is InChI=1S/C28H31N7O4S/c1-4-22-21(27(37)38)15-30-28(32-22)34(3)16-20-13-23-24(40-20)26(35-8-10-39-11-9-35)33-25(31-23)19-7-5-6-18(12-19)14-29-17(2)36/h5-7,12-13,15H,4,8-11,14,16H2,1-3H3,(H,29,36)(H,37,38). The molecule has 1 saturated heterocycles. The molecule has 0 radical (unpaired) electrons. The van der Waals surface area contributed by atoms with Crippen LogP contribution in [0.4, 0.5) is 11.8 Å². The van der Waals surface area contributed by atoms with Crippen LogP contribution in [0.5, 0.6) is 0 Å². The Balaban J connectivity index is 1.49. The van der Waals surface area contributed by atoms with Gasteiger partial charge < -0.3 is 25.0 Å². The van der Waals surface area contributed by atoms with Crippen LogP contribution < -0.4 is 15.1 Å². The van der Waals surface area contributed by atoms with E-state index in [4.69, 9.17) is 14.7 Å². The number of hydrogen-bond donors (Lipinski definition) is 2. The van der Waals surface area contributed by atoms with Gasteiger partial charge in [-0.2, -0.15) is 0 Å². The molecular weight excluding hydrogens is 530 g/mol. The Labute approximate surface area is 235 Å². The summed E-state index contributed by atoms with van der Waals surface area (Å²) in [6.07, 6.45) is 1.88. The Morgan fingerprint density at radius 2 is 1.98 bits per heavy atom. The van der Waals surface area contributed by atoms with Crippen LogP contribution in [0.3, 0.4) is 0 Å². The molecule has 1 aromatic carbocycles. The highest BCUT2D eigenvalue weighted by molar-refractivity contribution is 7.19. The monoisotopic (exact) mass is 561 g/mol. The second-order valence-electron chi connectivity index (χ2n) is 9.55. The number of nitrogens with zero attached hydrogens (tertiary/aromatic N) is 6. The smallest absolute Gasteiger partial charge is 0.339 e. The minimum Gasteiger partial charge on any atom is -0.478 e. The van der Waals surface area contributed by atoms with Gasteiger partial charge in [-0.3, -0.25) is 4.79 Å². The third-order valence-corrected chi connectivity index (χ3v) is 7.70. The Bertz CT molecular complexity index is 1550. The van der Waals surface area contributed by atoms with E-state index in [1.54, 1.807) is 11.3 Å². The molecule has 1 aliphatic rings. The van der Waals surface area contributed by atoms with Crippen molar-refractivity contribution in [2.45, 2.75) is 33.4 Å². The van der Waals surface area contributed by atoms with Gasteiger partial charge in [0.05, 0.1) is 41.2 Å². The van der Waals surface area contributed by atoms with Crippen molar-refractivity contribution in [2.24, 2.45) is 0 Å². The number of hydrogen-bond acceptors (Lipinski definition) is 10. The highest BCUT2D eigenvalue weighted by Gasteiger charge is 2.21. The molecule has 1 aliphatic heterocycles. The van der Waals surface area contributed by atoms with Gasteiger partial charge in [-0.05, 0) is 24.1 Å². The van der Waals surface area contributed by atoms with Crippen molar-refractivity contribution in [3.05, 3.63) is 58.2 Å². The Morgan fingerprint density at radius 3 is 2.70 bits per heavy atom. The highest BCUT2D eigenvalue weighted by Crippen LogP contribution is 2.35. The number of carboxylic acids is 1. The molecule has 3 aromatic heterocycles.